The van der Waals surface area contributed by atoms with Gasteiger partial charge in [-0.15, -0.1) is 0 Å². The lowest BCUT2D eigenvalue weighted by atomic mass is 10.1. The Morgan fingerprint density at radius 1 is 1.00 bits per heavy atom. The molecule has 112 valence electrons. The lowest BCUT2D eigenvalue weighted by molar-refractivity contribution is -0.112. The molecule has 0 bridgehead atoms. The third kappa shape index (κ3) is 2.30. The fourth-order valence-electron chi connectivity index (χ4n) is 2.53. The molecule has 0 atom stereocenters. The number of Topliss-reactive ketones (excluding diaryl/α,β-unsaturated/α-hetero) is 1. The van der Waals surface area contributed by atoms with Gasteiger partial charge in [-0.2, -0.15) is 0 Å². The molecular formula is C17H12N4O2. The zero-order valence-corrected chi connectivity index (χ0v) is 12.1. The molecule has 4 rings (SSSR count). The van der Waals surface area contributed by atoms with Crippen molar-refractivity contribution in [1.82, 2.24) is 9.97 Å². The predicted molar refractivity (Wildman–Crippen MR) is 86.0 cm³/mol. The van der Waals surface area contributed by atoms with E-state index in [2.05, 4.69) is 15.0 Å². The van der Waals surface area contributed by atoms with E-state index in [1.807, 2.05) is 30.3 Å². The molecule has 0 spiro atoms. The molecule has 0 unspecified atom stereocenters. The van der Waals surface area contributed by atoms with Crippen LogP contribution in [-0.2, 0) is 11.2 Å². The number of carbonyl (C=O) groups is 1. The Morgan fingerprint density at radius 2 is 1.91 bits per heavy atom. The average Bonchev–Trinajstić information content (AvgIpc) is 2.57. The maximum absolute atomic E-state index is 11.8. The smallest absolute Gasteiger partial charge is 0.202 e. The summed E-state index contributed by atoms with van der Waals surface area (Å²) in [4.78, 5) is 24.3. The van der Waals surface area contributed by atoms with Crippen molar-refractivity contribution in [2.45, 2.75) is 6.42 Å². The van der Waals surface area contributed by atoms with Crippen LogP contribution in [0.25, 0.3) is 10.9 Å². The molecular weight excluding hydrogens is 292 g/mol. The van der Waals surface area contributed by atoms with Gasteiger partial charge in [-0.25, -0.2) is 9.98 Å². The van der Waals surface area contributed by atoms with Gasteiger partial charge in [0.2, 0.25) is 5.78 Å². The number of aliphatic imine (C=N–C) groups is 1. The van der Waals surface area contributed by atoms with Crippen LogP contribution in [-0.4, -0.2) is 21.6 Å². The zero-order chi connectivity index (χ0) is 15.8. The number of hydrogen-bond donors (Lipinski definition) is 1. The molecule has 1 aliphatic heterocycles. The second-order valence-electron chi connectivity index (χ2n) is 5.14. The van der Waals surface area contributed by atoms with Crippen molar-refractivity contribution in [1.29, 1.82) is 0 Å². The minimum absolute atomic E-state index is 0.0171. The first-order chi connectivity index (χ1) is 11.2. The molecule has 0 saturated carbocycles. The highest BCUT2D eigenvalue weighted by atomic mass is 16.5. The van der Waals surface area contributed by atoms with Crippen molar-refractivity contribution in [3.63, 3.8) is 0 Å². The van der Waals surface area contributed by atoms with Gasteiger partial charge < -0.3 is 10.5 Å². The SMILES string of the molecule is NC1=Nc2nccc(Oc3cccc4ncccc34)c2CC1=O. The number of hydrogen-bond acceptors (Lipinski definition) is 6. The molecule has 6 heteroatoms. The quantitative estimate of drug-likeness (QED) is 0.785. The summed E-state index contributed by atoms with van der Waals surface area (Å²) in [6, 6.07) is 11.2. The highest BCUT2D eigenvalue weighted by Gasteiger charge is 2.23. The Kier molecular flexibility index (Phi) is 3.01. The van der Waals surface area contributed by atoms with Crippen LogP contribution in [0.3, 0.4) is 0 Å². The minimum Gasteiger partial charge on any atom is -0.456 e. The molecule has 0 aliphatic carbocycles. The summed E-state index contributed by atoms with van der Waals surface area (Å²) in [6.45, 7) is 0. The van der Waals surface area contributed by atoms with E-state index in [-0.39, 0.29) is 18.0 Å². The lowest BCUT2D eigenvalue weighted by Crippen LogP contribution is -2.28. The first kappa shape index (κ1) is 13.4. The van der Waals surface area contributed by atoms with Crippen molar-refractivity contribution in [3.8, 4) is 11.5 Å². The van der Waals surface area contributed by atoms with Crippen molar-refractivity contribution in [2.75, 3.05) is 0 Å². The first-order valence-electron chi connectivity index (χ1n) is 7.09. The standard InChI is InChI=1S/C17H12N4O2/c18-16-13(22)9-11-15(6-8-20-17(11)21-16)23-14-5-1-4-12-10(14)3-2-7-19-12/h1-8H,9H2,(H2,18,20,21). The highest BCUT2D eigenvalue weighted by Crippen LogP contribution is 2.35. The molecule has 2 aromatic heterocycles. The van der Waals surface area contributed by atoms with Crippen LogP contribution in [0.2, 0.25) is 0 Å². The van der Waals surface area contributed by atoms with Crippen LogP contribution in [0, 0.1) is 0 Å². The van der Waals surface area contributed by atoms with Crippen LogP contribution in [0.15, 0.2) is 53.8 Å². The van der Waals surface area contributed by atoms with E-state index < -0.39 is 0 Å². The number of nitrogens with two attached hydrogens (primary N) is 1. The van der Waals surface area contributed by atoms with E-state index in [1.165, 1.54) is 0 Å². The number of carbonyl (C=O) groups excluding carboxylic acids is 1. The van der Waals surface area contributed by atoms with E-state index in [4.69, 9.17) is 10.5 Å². The van der Waals surface area contributed by atoms with Crippen molar-refractivity contribution in [2.24, 2.45) is 10.7 Å². The maximum atomic E-state index is 11.8. The van der Waals surface area contributed by atoms with Gasteiger partial charge in [0.25, 0.3) is 0 Å². The molecule has 23 heavy (non-hydrogen) atoms. The Hall–Kier alpha value is -3.28. The predicted octanol–water partition coefficient (Wildman–Crippen LogP) is 2.54. The Bertz CT molecular complexity index is 960. The van der Waals surface area contributed by atoms with Crippen LogP contribution in [0.4, 0.5) is 5.82 Å². The molecule has 1 aliphatic rings. The van der Waals surface area contributed by atoms with Gasteiger partial charge in [0.15, 0.2) is 11.7 Å². The fraction of sp³-hybridized carbons (Fsp3) is 0.0588. The van der Waals surface area contributed by atoms with Crippen molar-refractivity contribution >= 4 is 28.3 Å². The number of rotatable bonds is 2. The van der Waals surface area contributed by atoms with E-state index in [0.29, 0.717) is 22.9 Å². The Labute approximate surface area is 131 Å². The highest BCUT2D eigenvalue weighted by molar-refractivity contribution is 6.40. The van der Waals surface area contributed by atoms with Crippen LogP contribution >= 0.6 is 0 Å². The summed E-state index contributed by atoms with van der Waals surface area (Å²) in [5.41, 5.74) is 7.07. The summed E-state index contributed by atoms with van der Waals surface area (Å²) in [6.07, 6.45) is 3.46. The van der Waals surface area contributed by atoms with E-state index >= 15 is 0 Å². The molecule has 0 amide bonds. The summed E-state index contributed by atoms with van der Waals surface area (Å²) in [5, 5.41) is 0.894. The van der Waals surface area contributed by atoms with Gasteiger partial charge >= 0.3 is 0 Å². The second-order valence-corrected chi connectivity index (χ2v) is 5.14. The fourth-order valence-corrected chi connectivity index (χ4v) is 2.53. The van der Waals surface area contributed by atoms with Crippen molar-refractivity contribution in [3.05, 3.63) is 54.4 Å². The van der Waals surface area contributed by atoms with Gasteiger partial charge in [0, 0.05) is 29.8 Å². The zero-order valence-electron chi connectivity index (χ0n) is 12.1. The molecule has 0 fully saturated rings. The molecule has 1 aromatic carbocycles. The van der Waals surface area contributed by atoms with E-state index in [1.54, 1.807) is 18.5 Å². The Morgan fingerprint density at radius 3 is 2.83 bits per heavy atom. The monoisotopic (exact) mass is 304 g/mol. The molecule has 3 heterocycles. The summed E-state index contributed by atoms with van der Waals surface area (Å²) in [5.74, 6) is 1.40. The second kappa shape index (κ2) is 5.17. The molecule has 3 aromatic rings. The van der Waals surface area contributed by atoms with Crippen molar-refractivity contribution < 1.29 is 9.53 Å². The molecule has 0 radical (unpaired) electrons. The van der Waals surface area contributed by atoms with Gasteiger partial charge in [-0.05, 0) is 30.3 Å². The maximum Gasteiger partial charge on any atom is 0.202 e. The topological polar surface area (TPSA) is 90.5 Å². The number of aromatic nitrogens is 2. The number of fused-ring (bicyclic) bond motifs is 2. The third-order valence-corrected chi connectivity index (χ3v) is 3.67. The summed E-state index contributed by atoms with van der Waals surface area (Å²) < 4.78 is 6.03. The number of ether oxygens (including phenoxy) is 1. The minimum atomic E-state index is -0.227. The summed E-state index contributed by atoms with van der Waals surface area (Å²) >= 11 is 0. The summed E-state index contributed by atoms with van der Waals surface area (Å²) in [7, 11) is 0. The molecule has 2 N–H and O–H groups in total. The lowest BCUT2D eigenvalue weighted by Gasteiger charge is -2.16. The number of nitrogens with zero attached hydrogens (tertiary/aromatic N) is 3. The largest absolute Gasteiger partial charge is 0.456 e. The molecule has 6 nitrogen and oxygen atoms in total. The first-order valence-corrected chi connectivity index (χ1v) is 7.09. The van der Waals surface area contributed by atoms with Crippen LogP contribution in [0.1, 0.15) is 5.56 Å². The van der Waals surface area contributed by atoms with Gasteiger partial charge in [0.1, 0.15) is 11.5 Å². The van der Waals surface area contributed by atoms with E-state index in [0.717, 1.165) is 10.9 Å². The van der Waals surface area contributed by atoms with E-state index in [9.17, 15) is 4.79 Å². The number of benzene rings is 1. The normalized spacial score (nSPS) is 13.6. The van der Waals surface area contributed by atoms with Crippen LogP contribution in [0.5, 0.6) is 11.5 Å². The van der Waals surface area contributed by atoms with Gasteiger partial charge in [-0.3, -0.25) is 9.78 Å². The number of ketones is 1. The Balaban J connectivity index is 1.81. The number of amidine groups is 1. The van der Waals surface area contributed by atoms with Gasteiger partial charge in [0.05, 0.1) is 5.52 Å². The third-order valence-electron chi connectivity index (χ3n) is 3.67. The molecule has 0 saturated heterocycles. The van der Waals surface area contributed by atoms with Gasteiger partial charge in [-0.1, -0.05) is 6.07 Å². The average molecular weight is 304 g/mol. The number of pyridine rings is 2. The van der Waals surface area contributed by atoms with Crippen LogP contribution < -0.4 is 10.5 Å².